The Morgan fingerprint density at radius 1 is 0.533 bits per heavy atom. The van der Waals surface area contributed by atoms with Crippen LogP contribution in [0.4, 0.5) is 0 Å². The number of rotatable bonds is 3. The number of imidazole rings is 1. The van der Waals surface area contributed by atoms with E-state index in [9.17, 15) is 0 Å². The zero-order chi connectivity index (χ0) is 19.9. The molecule has 0 radical (unpaired) electrons. The highest BCUT2D eigenvalue weighted by molar-refractivity contribution is 6.09. The Hall–Kier alpha value is -4.11. The van der Waals surface area contributed by atoms with Crippen molar-refractivity contribution in [3.8, 4) is 22.8 Å². The van der Waals surface area contributed by atoms with E-state index in [4.69, 9.17) is 0 Å². The first-order chi connectivity index (χ1) is 14.9. The Balaban J connectivity index is 1.49. The maximum Gasteiger partial charge on any atom is 0.144 e. The normalized spacial score (nSPS) is 11.3. The molecule has 6 rings (SSSR count). The lowest BCUT2D eigenvalue weighted by Crippen LogP contribution is -1.97. The number of para-hydroxylation sites is 3. The Morgan fingerprint density at radius 3 is 1.80 bits per heavy atom. The molecule has 0 spiro atoms. The van der Waals surface area contributed by atoms with Crippen molar-refractivity contribution in [2.24, 2.45) is 0 Å². The van der Waals surface area contributed by atoms with Crippen LogP contribution in [0.3, 0.4) is 0 Å². The second kappa shape index (κ2) is 6.75. The first-order valence-corrected chi connectivity index (χ1v) is 10.1. The van der Waals surface area contributed by atoms with Gasteiger partial charge in [0.05, 0.1) is 11.0 Å². The molecule has 2 heterocycles. The van der Waals surface area contributed by atoms with Gasteiger partial charge in [0, 0.05) is 40.1 Å². The zero-order valence-electron chi connectivity index (χ0n) is 16.3. The highest BCUT2D eigenvalue weighted by Gasteiger charge is 2.12. The highest BCUT2D eigenvalue weighted by atomic mass is 15.1. The standard InChI is InChI=1S/C27H19N3/c1-2-8-21(9-3-1)29-19-18-28-27(29)20-14-16-22(17-15-20)30-25-12-6-4-10-23(25)24-11-5-7-13-26(24)30/h1-19H. The van der Waals surface area contributed by atoms with Crippen LogP contribution in [-0.2, 0) is 0 Å². The summed E-state index contributed by atoms with van der Waals surface area (Å²) < 4.78 is 4.45. The molecule has 142 valence electrons. The quantitative estimate of drug-likeness (QED) is 0.335. The molecule has 0 saturated heterocycles. The van der Waals surface area contributed by atoms with Gasteiger partial charge in [-0.1, -0.05) is 54.6 Å². The van der Waals surface area contributed by atoms with E-state index in [1.807, 2.05) is 30.6 Å². The van der Waals surface area contributed by atoms with Crippen molar-refractivity contribution in [3.05, 3.63) is 116 Å². The number of aromatic nitrogens is 3. The summed E-state index contributed by atoms with van der Waals surface area (Å²) in [5.41, 5.74) is 5.79. The van der Waals surface area contributed by atoms with E-state index >= 15 is 0 Å². The molecule has 30 heavy (non-hydrogen) atoms. The average Bonchev–Trinajstić information content (AvgIpc) is 3.43. The number of fused-ring (bicyclic) bond motifs is 3. The minimum atomic E-state index is 0.940. The maximum absolute atomic E-state index is 4.61. The van der Waals surface area contributed by atoms with Crippen molar-refractivity contribution in [1.29, 1.82) is 0 Å². The fraction of sp³-hybridized carbons (Fsp3) is 0. The second-order valence-electron chi connectivity index (χ2n) is 7.37. The monoisotopic (exact) mass is 385 g/mol. The smallest absolute Gasteiger partial charge is 0.144 e. The SMILES string of the molecule is c1ccc(-n2ccnc2-c2ccc(-n3c4ccccc4c4ccccc43)cc2)cc1. The van der Waals surface area contributed by atoms with Gasteiger partial charge < -0.3 is 4.57 Å². The number of hydrogen-bond acceptors (Lipinski definition) is 1. The number of benzene rings is 4. The van der Waals surface area contributed by atoms with E-state index in [0.717, 1.165) is 22.8 Å². The molecule has 0 bridgehead atoms. The lowest BCUT2D eigenvalue weighted by Gasteiger charge is -2.11. The zero-order valence-corrected chi connectivity index (χ0v) is 16.3. The molecule has 0 saturated carbocycles. The van der Waals surface area contributed by atoms with Crippen molar-refractivity contribution in [1.82, 2.24) is 14.1 Å². The topological polar surface area (TPSA) is 22.8 Å². The molecular weight excluding hydrogens is 366 g/mol. The molecule has 0 N–H and O–H groups in total. The molecule has 3 heteroatoms. The molecule has 3 nitrogen and oxygen atoms in total. The van der Waals surface area contributed by atoms with Crippen molar-refractivity contribution >= 4 is 21.8 Å². The van der Waals surface area contributed by atoms with E-state index in [1.165, 1.54) is 21.8 Å². The molecule has 0 atom stereocenters. The van der Waals surface area contributed by atoms with Crippen LogP contribution in [-0.4, -0.2) is 14.1 Å². The third-order valence-corrected chi connectivity index (χ3v) is 5.64. The first kappa shape index (κ1) is 16.8. The fourth-order valence-electron chi connectivity index (χ4n) is 4.27. The van der Waals surface area contributed by atoms with E-state index in [0.29, 0.717) is 0 Å². The molecule has 2 aromatic heterocycles. The predicted molar refractivity (Wildman–Crippen MR) is 123 cm³/mol. The lowest BCUT2D eigenvalue weighted by atomic mass is 10.2. The summed E-state index contributed by atoms with van der Waals surface area (Å²) in [5, 5.41) is 2.55. The van der Waals surface area contributed by atoms with Crippen LogP contribution in [0, 0.1) is 0 Å². The van der Waals surface area contributed by atoms with Crippen LogP contribution in [0.1, 0.15) is 0 Å². The average molecular weight is 385 g/mol. The molecular formula is C27H19N3. The summed E-state index contributed by atoms with van der Waals surface area (Å²) in [6.45, 7) is 0. The van der Waals surface area contributed by atoms with Gasteiger partial charge in [-0.15, -0.1) is 0 Å². The van der Waals surface area contributed by atoms with E-state index < -0.39 is 0 Å². The van der Waals surface area contributed by atoms with Gasteiger partial charge in [0.25, 0.3) is 0 Å². The summed E-state index contributed by atoms with van der Waals surface area (Å²) in [6, 6.07) is 36.1. The molecule has 4 aromatic carbocycles. The maximum atomic E-state index is 4.61. The first-order valence-electron chi connectivity index (χ1n) is 10.1. The van der Waals surface area contributed by atoms with Gasteiger partial charge in [0.15, 0.2) is 0 Å². The largest absolute Gasteiger partial charge is 0.309 e. The third-order valence-electron chi connectivity index (χ3n) is 5.64. The lowest BCUT2D eigenvalue weighted by molar-refractivity contribution is 1.07. The van der Waals surface area contributed by atoms with Gasteiger partial charge in [-0.25, -0.2) is 4.98 Å². The summed E-state index contributed by atoms with van der Waals surface area (Å²) in [7, 11) is 0. The van der Waals surface area contributed by atoms with Crippen LogP contribution >= 0.6 is 0 Å². The number of nitrogens with zero attached hydrogens (tertiary/aromatic N) is 3. The number of hydrogen-bond donors (Lipinski definition) is 0. The third kappa shape index (κ3) is 2.56. The molecule has 6 aromatic rings. The molecule has 0 fully saturated rings. The molecule has 0 aliphatic carbocycles. The van der Waals surface area contributed by atoms with Gasteiger partial charge >= 0.3 is 0 Å². The summed E-state index contributed by atoms with van der Waals surface area (Å²) in [6.07, 6.45) is 3.86. The predicted octanol–water partition coefficient (Wildman–Crippen LogP) is 6.64. The molecule has 0 amide bonds. The fourth-order valence-corrected chi connectivity index (χ4v) is 4.27. The highest BCUT2D eigenvalue weighted by Crippen LogP contribution is 2.32. The minimum Gasteiger partial charge on any atom is -0.309 e. The van der Waals surface area contributed by atoms with Gasteiger partial charge in [0.2, 0.25) is 0 Å². The van der Waals surface area contributed by atoms with Crippen LogP contribution in [0.25, 0.3) is 44.6 Å². The Kier molecular flexibility index (Phi) is 3.78. The summed E-state index contributed by atoms with van der Waals surface area (Å²) in [5.74, 6) is 0.940. The second-order valence-corrected chi connectivity index (χ2v) is 7.37. The molecule has 0 aliphatic heterocycles. The Morgan fingerprint density at radius 2 is 1.13 bits per heavy atom. The van der Waals surface area contributed by atoms with Crippen LogP contribution in [0.2, 0.25) is 0 Å². The van der Waals surface area contributed by atoms with Crippen molar-refractivity contribution in [2.75, 3.05) is 0 Å². The van der Waals surface area contributed by atoms with E-state index in [2.05, 4.69) is 99.0 Å². The van der Waals surface area contributed by atoms with Gasteiger partial charge in [-0.2, -0.15) is 0 Å². The van der Waals surface area contributed by atoms with Crippen molar-refractivity contribution in [3.63, 3.8) is 0 Å². The van der Waals surface area contributed by atoms with Crippen LogP contribution < -0.4 is 0 Å². The van der Waals surface area contributed by atoms with Crippen LogP contribution in [0.15, 0.2) is 116 Å². The van der Waals surface area contributed by atoms with Gasteiger partial charge in [0.1, 0.15) is 5.82 Å². The Labute approximate surface area is 174 Å². The molecule has 0 unspecified atom stereocenters. The van der Waals surface area contributed by atoms with Crippen molar-refractivity contribution < 1.29 is 0 Å². The van der Waals surface area contributed by atoms with E-state index in [1.54, 1.807) is 0 Å². The minimum absolute atomic E-state index is 0.940. The van der Waals surface area contributed by atoms with Crippen molar-refractivity contribution in [2.45, 2.75) is 0 Å². The summed E-state index contributed by atoms with van der Waals surface area (Å²) >= 11 is 0. The summed E-state index contributed by atoms with van der Waals surface area (Å²) in [4.78, 5) is 4.61. The van der Waals surface area contributed by atoms with E-state index in [-0.39, 0.29) is 0 Å². The van der Waals surface area contributed by atoms with Crippen LogP contribution in [0.5, 0.6) is 0 Å². The van der Waals surface area contributed by atoms with Gasteiger partial charge in [-0.05, 0) is 48.5 Å². The molecule has 0 aliphatic rings. The Bertz CT molecular complexity index is 1420. The van der Waals surface area contributed by atoms with Gasteiger partial charge in [-0.3, -0.25) is 4.57 Å².